The Labute approximate surface area is 98.4 Å². The normalized spacial score (nSPS) is 14.1. The van der Waals surface area contributed by atoms with Crippen LogP contribution in [0, 0.1) is 5.92 Å². The van der Waals surface area contributed by atoms with Crippen molar-refractivity contribution < 1.29 is 19.1 Å². The van der Waals surface area contributed by atoms with Crippen molar-refractivity contribution in [2.24, 2.45) is 5.92 Å². The summed E-state index contributed by atoms with van der Waals surface area (Å²) in [6, 6.07) is 0. The Hall–Kier alpha value is -0.580. The third kappa shape index (κ3) is 4.64. The first-order valence-corrected chi connectivity index (χ1v) is 5.97. The molecule has 0 aliphatic heterocycles. The molecule has 0 aliphatic carbocycles. The molecular weight excluding hydrogens is 264 g/mol. The number of halogens is 1. The van der Waals surface area contributed by atoms with Gasteiger partial charge < -0.3 is 9.47 Å². The van der Waals surface area contributed by atoms with Crippen LogP contribution in [0.15, 0.2) is 0 Å². The first-order valence-electron chi connectivity index (χ1n) is 5.05. The molecule has 2 unspecified atom stereocenters. The maximum atomic E-state index is 11.5. The van der Waals surface area contributed by atoms with Crippen LogP contribution in [0.25, 0.3) is 0 Å². The standard InChI is InChI=1S/C10H17BrO4/c1-4-7(9(12)14-5-2)8(11)10(13)15-6-3/h7-8H,4-6H2,1-3H3. The van der Waals surface area contributed by atoms with Crippen LogP contribution >= 0.6 is 15.9 Å². The molecule has 0 heterocycles. The summed E-state index contributed by atoms with van der Waals surface area (Å²) >= 11 is 3.17. The SMILES string of the molecule is CCOC(=O)C(Br)C(CC)C(=O)OCC. The lowest BCUT2D eigenvalue weighted by molar-refractivity contribution is -0.153. The second-order valence-electron chi connectivity index (χ2n) is 2.92. The molecule has 0 spiro atoms. The van der Waals surface area contributed by atoms with Gasteiger partial charge in [0.05, 0.1) is 19.1 Å². The van der Waals surface area contributed by atoms with Gasteiger partial charge in [0.25, 0.3) is 0 Å². The molecule has 2 atom stereocenters. The van der Waals surface area contributed by atoms with E-state index in [-0.39, 0.29) is 5.97 Å². The number of ether oxygens (including phenoxy) is 2. The van der Waals surface area contributed by atoms with Gasteiger partial charge >= 0.3 is 11.9 Å². The smallest absolute Gasteiger partial charge is 0.320 e. The van der Waals surface area contributed by atoms with Crippen molar-refractivity contribution in [3.8, 4) is 0 Å². The fraction of sp³-hybridized carbons (Fsp3) is 0.800. The van der Waals surface area contributed by atoms with E-state index >= 15 is 0 Å². The Balaban J connectivity index is 4.38. The number of carbonyl (C=O) groups excluding carboxylic acids is 2. The minimum Gasteiger partial charge on any atom is -0.466 e. The summed E-state index contributed by atoms with van der Waals surface area (Å²) in [5, 5.41) is 0. The zero-order valence-corrected chi connectivity index (χ0v) is 10.9. The molecule has 0 bridgehead atoms. The van der Waals surface area contributed by atoms with Gasteiger partial charge in [-0.25, -0.2) is 0 Å². The molecule has 0 fully saturated rings. The molecule has 0 radical (unpaired) electrons. The molecule has 4 nitrogen and oxygen atoms in total. The quantitative estimate of drug-likeness (QED) is 0.551. The van der Waals surface area contributed by atoms with Crippen LogP contribution in [0.2, 0.25) is 0 Å². The third-order valence-electron chi connectivity index (χ3n) is 1.89. The van der Waals surface area contributed by atoms with E-state index in [0.717, 1.165) is 0 Å². The Morgan fingerprint density at radius 3 is 1.93 bits per heavy atom. The van der Waals surface area contributed by atoms with Crippen LogP contribution in [0.4, 0.5) is 0 Å². The molecule has 0 amide bonds. The minimum absolute atomic E-state index is 0.306. The lowest BCUT2D eigenvalue weighted by Crippen LogP contribution is -2.32. The molecule has 5 heteroatoms. The maximum Gasteiger partial charge on any atom is 0.320 e. The van der Waals surface area contributed by atoms with E-state index in [1.807, 2.05) is 6.92 Å². The highest BCUT2D eigenvalue weighted by Crippen LogP contribution is 2.20. The van der Waals surface area contributed by atoms with Gasteiger partial charge in [-0.2, -0.15) is 0 Å². The fourth-order valence-electron chi connectivity index (χ4n) is 1.13. The van der Waals surface area contributed by atoms with E-state index in [0.29, 0.717) is 19.6 Å². The summed E-state index contributed by atoms with van der Waals surface area (Å²) in [7, 11) is 0. The average Bonchev–Trinajstić information content (AvgIpc) is 2.19. The Morgan fingerprint density at radius 1 is 1.07 bits per heavy atom. The highest BCUT2D eigenvalue weighted by molar-refractivity contribution is 9.10. The maximum absolute atomic E-state index is 11.5. The van der Waals surface area contributed by atoms with Crippen molar-refractivity contribution in [1.82, 2.24) is 0 Å². The molecule has 0 aromatic rings. The van der Waals surface area contributed by atoms with E-state index in [1.54, 1.807) is 13.8 Å². The second kappa shape index (κ2) is 7.68. The van der Waals surface area contributed by atoms with Gasteiger partial charge in [-0.3, -0.25) is 9.59 Å². The first kappa shape index (κ1) is 14.4. The third-order valence-corrected chi connectivity index (χ3v) is 2.91. The summed E-state index contributed by atoms with van der Waals surface area (Å²) in [5.41, 5.74) is 0. The average molecular weight is 281 g/mol. The van der Waals surface area contributed by atoms with Gasteiger partial charge in [0.1, 0.15) is 4.83 Å². The molecular formula is C10H17BrO4. The monoisotopic (exact) mass is 280 g/mol. The topological polar surface area (TPSA) is 52.6 Å². The van der Waals surface area contributed by atoms with Gasteiger partial charge in [-0.15, -0.1) is 0 Å². The van der Waals surface area contributed by atoms with Crippen molar-refractivity contribution >= 4 is 27.9 Å². The lowest BCUT2D eigenvalue weighted by atomic mass is 10.0. The number of esters is 2. The van der Waals surface area contributed by atoms with Crippen LogP contribution in [-0.4, -0.2) is 30.0 Å². The van der Waals surface area contributed by atoms with Crippen LogP contribution < -0.4 is 0 Å². The van der Waals surface area contributed by atoms with Gasteiger partial charge in [0.15, 0.2) is 0 Å². The molecule has 0 rings (SSSR count). The Bertz CT molecular complexity index is 217. The molecule has 0 aromatic carbocycles. The van der Waals surface area contributed by atoms with Crippen LogP contribution in [0.5, 0.6) is 0 Å². The molecule has 0 saturated heterocycles. The molecule has 0 aromatic heterocycles. The Morgan fingerprint density at radius 2 is 1.53 bits per heavy atom. The molecule has 88 valence electrons. The minimum atomic E-state index is -0.624. The lowest BCUT2D eigenvalue weighted by Gasteiger charge is -2.17. The second-order valence-corrected chi connectivity index (χ2v) is 3.91. The molecule has 15 heavy (non-hydrogen) atoms. The number of carbonyl (C=O) groups is 2. The number of alkyl halides is 1. The van der Waals surface area contributed by atoms with Gasteiger partial charge in [-0.1, -0.05) is 22.9 Å². The fourth-order valence-corrected chi connectivity index (χ4v) is 1.85. The summed E-state index contributed by atoms with van der Waals surface area (Å²) < 4.78 is 9.69. The van der Waals surface area contributed by atoms with E-state index in [2.05, 4.69) is 15.9 Å². The van der Waals surface area contributed by atoms with Gasteiger partial charge in [0, 0.05) is 0 Å². The summed E-state index contributed by atoms with van der Waals surface area (Å²) in [6.07, 6.45) is 0.535. The van der Waals surface area contributed by atoms with Crippen molar-refractivity contribution in [2.75, 3.05) is 13.2 Å². The van der Waals surface area contributed by atoms with E-state index in [9.17, 15) is 9.59 Å². The molecule has 0 aliphatic rings. The summed E-state index contributed by atoms with van der Waals surface area (Å²) in [6.45, 7) is 5.91. The van der Waals surface area contributed by atoms with Crippen LogP contribution in [0.1, 0.15) is 27.2 Å². The summed E-state index contributed by atoms with van der Waals surface area (Å²) in [5.74, 6) is -1.27. The zero-order valence-electron chi connectivity index (χ0n) is 9.29. The zero-order chi connectivity index (χ0) is 11.8. The molecule has 0 N–H and O–H groups in total. The van der Waals surface area contributed by atoms with E-state index < -0.39 is 16.7 Å². The predicted molar refractivity (Wildman–Crippen MR) is 59.8 cm³/mol. The largest absolute Gasteiger partial charge is 0.466 e. The Kier molecular flexibility index (Phi) is 7.38. The number of rotatable bonds is 6. The van der Waals surface area contributed by atoms with Crippen LogP contribution in [0.3, 0.4) is 0 Å². The van der Waals surface area contributed by atoms with Crippen molar-refractivity contribution in [3.05, 3.63) is 0 Å². The number of hydrogen-bond acceptors (Lipinski definition) is 4. The molecule has 0 saturated carbocycles. The van der Waals surface area contributed by atoms with E-state index in [4.69, 9.17) is 9.47 Å². The highest BCUT2D eigenvalue weighted by atomic mass is 79.9. The van der Waals surface area contributed by atoms with Gasteiger partial charge in [-0.05, 0) is 20.3 Å². The van der Waals surface area contributed by atoms with Gasteiger partial charge in [0.2, 0.25) is 0 Å². The highest BCUT2D eigenvalue weighted by Gasteiger charge is 2.32. The summed E-state index contributed by atoms with van der Waals surface area (Å²) in [4.78, 5) is 22.2. The number of hydrogen-bond donors (Lipinski definition) is 0. The van der Waals surface area contributed by atoms with E-state index in [1.165, 1.54) is 0 Å². The first-order chi connectivity index (χ1) is 7.08. The van der Waals surface area contributed by atoms with Crippen molar-refractivity contribution in [1.29, 1.82) is 0 Å². The van der Waals surface area contributed by atoms with Crippen molar-refractivity contribution in [3.63, 3.8) is 0 Å². The predicted octanol–water partition coefficient (Wildman–Crippen LogP) is 1.90. The van der Waals surface area contributed by atoms with Crippen molar-refractivity contribution in [2.45, 2.75) is 32.0 Å². The van der Waals surface area contributed by atoms with Crippen LogP contribution in [-0.2, 0) is 19.1 Å².